The molecule has 19 heavy (non-hydrogen) atoms. The monoisotopic (exact) mass is 290 g/mol. The first-order valence-electron chi connectivity index (χ1n) is 6.04. The topological polar surface area (TPSA) is 84.9 Å². The Morgan fingerprint density at radius 1 is 1.37 bits per heavy atom. The SMILES string of the molecule is CCOCCOCC(=O)NCCN1C(=O)CSC1=O. The number of nitrogens with zero attached hydrogens (tertiary/aromatic N) is 1. The number of carbonyl (C=O) groups excluding carboxylic acids is 3. The molecule has 0 saturated carbocycles. The van der Waals surface area contributed by atoms with Gasteiger partial charge in [0, 0.05) is 19.7 Å². The highest BCUT2D eigenvalue weighted by atomic mass is 32.2. The summed E-state index contributed by atoms with van der Waals surface area (Å²) in [7, 11) is 0. The van der Waals surface area contributed by atoms with E-state index in [2.05, 4.69) is 5.32 Å². The van der Waals surface area contributed by atoms with Gasteiger partial charge in [-0.2, -0.15) is 0 Å². The molecule has 1 N–H and O–H groups in total. The van der Waals surface area contributed by atoms with Crippen molar-refractivity contribution < 1.29 is 23.9 Å². The molecule has 0 aromatic rings. The Morgan fingerprint density at radius 2 is 2.11 bits per heavy atom. The summed E-state index contributed by atoms with van der Waals surface area (Å²) in [5.41, 5.74) is 0. The molecule has 0 aliphatic carbocycles. The summed E-state index contributed by atoms with van der Waals surface area (Å²) >= 11 is 0.980. The molecule has 0 bridgehead atoms. The zero-order chi connectivity index (χ0) is 14.1. The van der Waals surface area contributed by atoms with Crippen LogP contribution in [0, 0.1) is 0 Å². The minimum absolute atomic E-state index is 0.0519. The number of thioether (sulfide) groups is 1. The summed E-state index contributed by atoms with van der Waals surface area (Å²) in [5.74, 6) is -0.298. The molecule has 0 unspecified atom stereocenters. The van der Waals surface area contributed by atoms with Gasteiger partial charge in [0.1, 0.15) is 6.61 Å². The van der Waals surface area contributed by atoms with Gasteiger partial charge in [-0.1, -0.05) is 11.8 Å². The molecule has 1 fully saturated rings. The van der Waals surface area contributed by atoms with Crippen LogP contribution in [0.2, 0.25) is 0 Å². The molecule has 3 amide bonds. The van der Waals surface area contributed by atoms with Crippen molar-refractivity contribution in [1.29, 1.82) is 0 Å². The van der Waals surface area contributed by atoms with Gasteiger partial charge < -0.3 is 14.8 Å². The molecular formula is C11H18N2O5S. The van der Waals surface area contributed by atoms with Crippen LogP contribution in [-0.2, 0) is 19.1 Å². The molecule has 7 nitrogen and oxygen atoms in total. The normalized spacial score (nSPS) is 15.1. The highest BCUT2D eigenvalue weighted by Gasteiger charge is 2.29. The molecule has 0 atom stereocenters. The largest absolute Gasteiger partial charge is 0.379 e. The van der Waals surface area contributed by atoms with Crippen LogP contribution >= 0.6 is 11.8 Å². The summed E-state index contributed by atoms with van der Waals surface area (Å²) in [5, 5.41) is 2.32. The summed E-state index contributed by atoms with van der Waals surface area (Å²) in [6.07, 6.45) is 0. The summed E-state index contributed by atoms with van der Waals surface area (Å²) in [6.45, 7) is 3.71. The molecule has 0 aromatic heterocycles. The maximum absolute atomic E-state index is 11.3. The average molecular weight is 290 g/mol. The fourth-order valence-electron chi connectivity index (χ4n) is 1.38. The first-order valence-corrected chi connectivity index (χ1v) is 7.03. The van der Waals surface area contributed by atoms with E-state index in [1.54, 1.807) is 0 Å². The lowest BCUT2D eigenvalue weighted by atomic mass is 10.5. The van der Waals surface area contributed by atoms with Crippen LogP contribution in [-0.4, -0.2) is 67.2 Å². The zero-order valence-corrected chi connectivity index (χ0v) is 11.7. The predicted octanol–water partition coefficient (Wildman–Crippen LogP) is -0.149. The molecule has 0 radical (unpaired) electrons. The molecule has 8 heteroatoms. The lowest BCUT2D eigenvalue weighted by Crippen LogP contribution is -2.38. The smallest absolute Gasteiger partial charge is 0.288 e. The Labute approximate surface area is 116 Å². The van der Waals surface area contributed by atoms with Crippen molar-refractivity contribution in [2.24, 2.45) is 0 Å². The van der Waals surface area contributed by atoms with Crippen molar-refractivity contribution >= 4 is 28.8 Å². The van der Waals surface area contributed by atoms with E-state index in [0.29, 0.717) is 19.8 Å². The molecule has 1 saturated heterocycles. The lowest BCUT2D eigenvalue weighted by molar-refractivity contribution is -0.127. The van der Waals surface area contributed by atoms with Crippen molar-refractivity contribution in [3.63, 3.8) is 0 Å². The minimum atomic E-state index is -0.275. The summed E-state index contributed by atoms with van der Waals surface area (Å²) in [4.78, 5) is 35.0. The fourth-order valence-corrected chi connectivity index (χ4v) is 2.13. The Bertz CT molecular complexity index is 321. The van der Waals surface area contributed by atoms with Crippen LogP contribution in [0.15, 0.2) is 0 Å². The predicted molar refractivity (Wildman–Crippen MR) is 69.9 cm³/mol. The van der Waals surface area contributed by atoms with Gasteiger partial charge in [0.2, 0.25) is 11.8 Å². The van der Waals surface area contributed by atoms with Crippen LogP contribution in [0.25, 0.3) is 0 Å². The molecule has 1 aliphatic rings. The first-order chi connectivity index (χ1) is 9.15. The second kappa shape index (κ2) is 8.89. The van der Waals surface area contributed by atoms with Crippen molar-refractivity contribution in [3.05, 3.63) is 0 Å². The number of nitrogens with one attached hydrogen (secondary N) is 1. The Morgan fingerprint density at radius 3 is 2.74 bits per heavy atom. The maximum atomic E-state index is 11.3. The molecule has 0 spiro atoms. The third-order valence-electron chi connectivity index (χ3n) is 2.31. The number of hydrogen-bond donors (Lipinski definition) is 1. The van der Waals surface area contributed by atoms with Gasteiger partial charge in [0.25, 0.3) is 5.24 Å². The highest BCUT2D eigenvalue weighted by Crippen LogP contribution is 2.17. The second-order valence-electron chi connectivity index (χ2n) is 3.70. The van der Waals surface area contributed by atoms with Crippen LogP contribution < -0.4 is 5.32 Å². The first kappa shape index (κ1) is 15.9. The van der Waals surface area contributed by atoms with Crippen molar-refractivity contribution in [1.82, 2.24) is 10.2 Å². The van der Waals surface area contributed by atoms with E-state index in [4.69, 9.17) is 9.47 Å². The summed E-state index contributed by atoms with van der Waals surface area (Å²) < 4.78 is 10.1. The average Bonchev–Trinajstić information content (AvgIpc) is 2.70. The molecule has 0 aromatic carbocycles. The molecule has 108 valence electrons. The Hall–Kier alpha value is -1.12. The van der Waals surface area contributed by atoms with E-state index in [9.17, 15) is 14.4 Å². The van der Waals surface area contributed by atoms with E-state index in [-0.39, 0.29) is 42.5 Å². The van der Waals surface area contributed by atoms with E-state index in [1.165, 1.54) is 0 Å². The Balaban J connectivity index is 2.04. The number of rotatable bonds is 9. The van der Waals surface area contributed by atoms with Gasteiger partial charge in [0.15, 0.2) is 0 Å². The van der Waals surface area contributed by atoms with E-state index in [1.807, 2.05) is 6.92 Å². The molecule has 1 aliphatic heterocycles. The van der Waals surface area contributed by atoms with Gasteiger partial charge in [-0.25, -0.2) is 0 Å². The van der Waals surface area contributed by atoms with Crippen LogP contribution in [0.3, 0.4) is 0 Å². The van der Waals surface area contributed by atoms with Crippen LogP contribution in [0.5, 0.6) is 0 Å². The van der Waals surface area contributed by atoms with Gasteiger partial charge in [-0.05, 0) is 6.92 Å². The maximum Gasteiger partial charge on any atom is 0.288 e. The van der Waals surface area contributed by atoms with Crippen molar-refractivity contribution in [2.75, 3.05) is 45.3 Å². The number of carbonyl (C=O) groups is 3. The third kappa shape index (κ3) is 6.04. The van der Waals surface area contributed by atoms with Crippen molar-refractivity contribution in [3.8, 4) is 0 Å². The number of ether oxygens (including phenoxy) is 2. The molecule has 1 rings (SSSR count). The highest BCUT2D eigenvalue weighted by molar-refractivity contribution is 8.14. The van der Waals surface area contributed by atoms with Gasteiger partial charge in [-0.3, -0.25) is 19.3 Å². The van der Waals surface area contributed by atoms with Gasteiger partial charge in [0.05, 0.1) is 19.0 Å². The second-order valence-corrected chi connectivity index (χ2v) is 4.63. The Kier molecular flexibility index (Phi) is 7.46. The van der Waals surface area contributed by atoms with Crippen LogP contribution in [0.4, 0.5) is 4.79 Å². The molecular weight excluding hydrogens is 272 g/mol. The van der Waals surface area contributed by atoms with E-state index < -0.39 is 0 Å². The van der Waals surface area contributed by atoms with Crippen molar-refractivity contribution in [2.45, 2.75) is 6.92 Å². The number of imide groups is 1. The van der Waals surface area contributed by atoms with Gasteiger partial charge in [-0.15, -0.1) is 0 Å². The lowest BCUT2D eigenvalue weighted by Gasteiger charge is -2.13. The standard InChI is InChI=1S/C11H18N2O5S/c1-2-17-5-6-18-7-9(14)12-3-4-13-10(15)8-19-11(13)16/h2-8H2,1H3,(H,12,14). The fraction of sp³-hybridized carbons (Fsp3) is 0.727. The number of hydrogen-bond acceptors (Lipinski definition) is 6. The van der Waals surface area contributed by atoms with E-state index in [0.717, 1.165) is 16.7 Å². The van der Waals surface area contributed by atoms with Gasteiger partial charge >= 0.3 is 0 Å². The quantitative estimate of drug-likeness (QED) is 0.595. The van der Waals surface area contributed by atoms with Crippen LogP contribution in [0.1, 0.15) is 6.92 Å². The zero-order valence-electron chi connectivity index (χ0n) is 10.8. The third-order valence-corrected chi connectivity index (χ3v) is 3.17. The summed E-state index contributed by atoms with van der Waals surface area (Å²) in [6, 6.07) is 0. The van der Waals surface area contributed by atoms with E-state index >= 15 is 0 Å². The molecule has 1 heterocycles. The minimum Gasteiger partial charge on any atom is -0.379 e. The number of amides is 3.